The van der Waals surface area contributed by atoms with E-state index in [1.807, 2.05) is 43.9 Å². The highest BCUT2D eigenvalue weighted by Crippen LogP contribution is 2.38. The van der Waals surface area contributed by atoms with Gasteiger partial charge in [0.25, 0.3) is 0 Å². The second-order valence-corrected chi connectivity index (χ2v) is 12.7. The maximum absolute atomic E-state index is 13.5. The molecule has 0 aliphatic carbocycles. The Bertz CT molecular complexity index is 1200. The van der Waals surface area contributed by atoms with Gasteiger partial charge in [-0.1, -0.05) is 64.4 Å². The summed E-state index contributed by atoms with van der Waals surface area (Å²) in [5.41, 5.74) is 1.49. The lowest BCUT2D eigenvalue weighted by Crippen LogP contribution is -2.33. The van der Waals surface area contributed by atoms with E-state index in [4.69, 9.17) is 5.41 Å². The highest BCUT2D eigenvalue weighted by molar-refractivity contribution is 7.92. The van der Waals surface area contributed by atoms with Gasteiger partial charge in [0.2, 0.25) is 10.0 Å². The average molecular weight is 514 g/mol. The van der Waals surface area contributed by atoms with Crippen LogP contribution in [0.3, 0.4) is 0 Å². The number of Topliss-reactive ketones (excluding diaryl/α,β-unsaturated/α-hetero) is 1. The Morgan fingerprint density at radius 1 is 1.17 bits per heavy atom. The van der Waals surface area contributed by atoms with Crippen molar-refractivity contribution < 1.29 is 18.3 Å². The molecule has 7 nitrogen and oxygen atoms in total. The summed E-state index contributed by atoms with van der Waals surface area (Å²) in [6, 6.07) is 13.2. The summed E-state index contributed by atoms with van der Waals surface area (Å²) < 4.78 is 26.9. The van der Waals surface area contributed by atoms with Crippen molar-refractivity contribution in [1.82, 2.24) is 4.90 Å². The number of carbonyl (C=O) groups excluding carboxylic acids is 1. The molecule has 1 fully saturated rings. The monoisotopic (exact) mass is 513 g/mol. The number of aromatic hydroxyl groups is 1. The second kappa shape index (κ2) is 11.0. The molecule has 1 saturated heterocycles. The van der Waals surface area contributed by atoms with E-state index in [-0.39, 0.29) is 35.4 Å². The number of anilines is 1. The molecule has 3 rings (SSSR count). The Morgan fingerprint density at radius 2 is 1.83 bits per heavy atom. The number of likely N-dealkylation sites (tertiary alicyclic amines) is 1. The van der Waals surface area contributed by atoms with Crippen LogP contribution in [-0.2, 0) is 21.9 Å². The Kier molecular flexibility index (Phi) is 8.49. The van der Waals surface area contributed by atoms with Crippen molar-refractivity contribution in [2.24, 2.45) is 11.8 Å². The number of ketones is 1. The number of sulfonamides is 1. The van der Waals surface area contributed by atoms with Gasteiger partial charge in [0.1, 0.15) is 11.6 Å². The average Bonchev–Trinajstić information content (AvgIpc) is 3.09. The maximum Gasteiger partial charge on any atom is 0.232 e. The maximum atomic E-state index is 13.5. The first kappa shape index (κ1) is 27.7. The van der Waals surface area contributed by atoms with Gasteiger partial charge in [0.15, 0.2) is 5.78 Å². The number of amidine groups is 1. The van der Waals surface area contributed by atoms with Crippen LogP contribution in [0.5, 0.6) is 5.75 Å². The van der Waals surface area contributed by atoms with Gasteiger partial charge >= 0.3 is 0 Å². The first-order chi connectivity index (χ1) is 16.9. The van der Waals surface area contributed by atoms with Gasteiger partial charge in [-0.15, -0.1) is 0 Å². The van der Waals surface area contributed by atoms with Gasteiger partial charge in [-0.25, -0.2) is 8.42 Å². The van der Waals surface area contributed by atoms with Crippen molar-refractivity contribution in [1.29, 1.82) is 5.41 Å². The van der Waals surface area contributed by atoms with Gasteiger partial charge in [-0.05, 0) is 48.8 Å². The summed E-state index contributed by atoms with van der Waals surface area (Å²) in [6.45, 7) is 10.0. The summed E-state index contributed by atoms with van der Waals surface area (Å²) in [4.78, 5) is 15.3. The Balaban J connectivity index is 1.88. The molecule has 3 N–H and O–H groups in total. The van der Waals surface area contributed by atoms with Gasteiger partial charge in [-0.3, -0.25) is 14.9 Å². The van der Waals surface area contributed by atoms with Gasteiger partial charge in [0.05, 0.1) is 18.0 Å². The lowest BCUT2D eigenvalue weighted by molar-refractivity contribution is 0.0963. The zero-order valence-corrected chi connectivity index (χ0v) is 22.8. The molecule has 0 radical (unpaired) electrons. The number of hydrogen-bond donors (Lipinski definition) is 3. The molecule has 2 aromatic carbocycles. The van der Waals surface area contributed by atoms with Gasteiger partial charge in [0, 0.05) is 23.6 Å². The van der Waals surface area contributed by atoms with E-state index in [2.05, 4.69) is 23.8 Å². The lowest BCUT2D eigenvalue weighted by atomic mass is 9.84. The predicted octanol–water partition coefficient (Wildman–Crippen LogP) is 5.20. The number of carbonyl (C=O) groups is 1. The molecule has 0 bridgehead atoms. The summed E-state index contributed by atoms with van der Waals surface area (Å²) >= 11 is 0. The van der Waals surface area contributed by atoms with Crippen molar-refractivity contribution in [3.63, 3.8) is 0 Å². The van der Waals surface area contributed by atoms with Crippen LogP contribution < -0.4 is 4.72 Å². The van der Waals surface area contributed by atoms with Crippen LogP contribution >= 0.6 is 0 Å². The summed E-state index contributed by atoms with van der Waals surface area (Å²) in [7, 11) is -3.65. The number of nitrogens with one attached hydrogen (secondary N) is 2. The van der Waals surface area contributed by atoms with Crippen LogP contribution in [-0.4, -0.2) is 48.9 Å². The lowest BCUT2D eigenvalue weighted by Gasteiger charge is -2.24. The Labute approximate surface area is 215 Å². The quantitative estimate of drug-likeness (QED) is 0.299. The van der Waals surface area contributed by atoms with Crippen LogP contribution in [0.25, 0.3) is 0 Å². The van der Waals surface area contributed by atoms with Crippen molar-refractivity contribution >= 4 is 27.3 Å². The smallest absolute Gasteiger partial charge is 0.232 e. The van der Waals surface area contributed by atoms with Gasteiger partial charge in [-0.2, -0.15) is 0 Å². The molecule has 1 heterocycles. The second-order valence-electron chi connectivity index (χ2n) is 10.7. The van der Waals surface area contributed by atoms with E-state index in [0.29, 0.717) is 29.4 Å². The molecule has 2 unspecified atom stereocenters. The molecule has 0 spiro atoms. The van der Waals surface area contributed by atoms with E-state index >= 15 is 0 Å². The number of benzene rings is 2. The number of phenolic OH excluding ortho intramolecular Hbond substituents is 1. The molecule has 36 heavy (non-hydrogen) atoms. The Hall–Kier alpha value is -2.87. The first-order valence-corrected chi connectivity index (χ1v) is 14.3. The normalized spacial score (nSPS) is 18.5. The van der Waals surface area contributed by atoms with E-state index in [9.17, 15) is 18.3 Å². The molecule has 0 aromatic heterocycles. The summed E-state index contributed by atoms with van der Waals surface area (Å²) in [5, 5.41) is 19.7. The van der Waals surface area contributed by atoms with Crippen LogP contribution in [0.1, 0.15) is 68.9 Å². The van der Waals surface area contributed by atoms with E-state index in [0.717, 1.165) is 19.3 Å². The molecule has 2 aromatic rings. The van der Waals surface area contributed by atoms with E-state index in [1.165, 1.54) is 18.6 Å². The number of phenols is 1. The largest absolute Gasteiger partial charge is 0.505 e. The molecular formula is C28H39N3O4S. The fourth-order valence-electron chi connectivity index (χ4n) is 4.86. The number of rotatable bonds is 10. The van der Waals surface area contributed by atoms with Crippen molar-refractivity contribution in [2.75, 3.05) is 23.6 Å². The third-order valence-corrected chi connectivity index (χ3v) is 8.18. The van der Waals surface area contributed by atoms with Crippen molar-refractivity contribution in [2.45, 2.75) is 59.3 Å². The summed E-state index contributed by atoms with van der Waals surface area (Å²) in [6.07, 6.45) is 2.77. The highest BCUT2D eigenvalue weighted by Gasteiger charge is 2.37. The Morgan fingerprint density at radius 3 is 2.42 bits per heavy atom. The first-order valence-electron chi connectivity index (χ1n) is 12.6. The minimum atomic E-state index is -3.65. The zero-order valence-electron chi connectivity index (χ0n) is 22.0. The van der Waals surface area contributed by atoms with Crippen molar-refractivity contribution in [3.05, 3.63) is 59.2 Å². The standard InChI is InChI=1S/C28H39N3O4S/c1-6-11-20-17-31(27(29)22(20)14-19-12-9-8-10-13-19)18-25(32)21-15-23(28(3,4)5)26(33)24(16-21)30-36(34,35)7-2/h8-10,12-13,15-16,20,22,29-30,33H,6-7,11,14,17-18H2,1-5H3. The number of nitrogens with zero attached hydrogens (tertiary/aromatic N) is 1. The van der Waals surface area contributed by atoms with Crippen LogP contribution in [0.15, 0.2) is 42.5 Å². The summed E-state index contributed by atoms with van der Waals surface area (Å²) in [5.74, 6) is 0.299. The molecule has 1 aliphatic heterocycles. The molecule has 0 saturated carbocycles. The van der Waals surface area contributed by atoms with Crippen LogP contribution in [0.4, 0.5) is 5.69 Å². The molecule has 196 valence electrons. The molecule has 1 aliphatic rings. The minimum Gasteiger partial charge on any atom is -0.505 e. The fourth-order valence-corrected chi connectivity index (χ4v) is 5.50. The molecule has 2 atom stereocenters. The van der Waals surface area contributed by atoms with E-state index in [1.54, 1.807) is 6.07 Å². The van der Waals surface area contributed by atoms with E-state index < -0.39 is 15.4 Å². The SMILES string of the molecule is CCCC1CN(CC(=O)c2cc(NS(=O)(=O)CC)c(O)c(C(C)(C)C)c2)C(=N)C1Cc1ccccc1. The van der Waals surface area contributed by atoms with Crippen molar-refractivity contribution in [3.8, 4) is 5.75 Å². The van der Waals surface area contributed by atoms with Gasteiger partial charge < -0.3 is 10.0 Å². The predicted molar refractivity (Wildman–Crippen MR) is 146 cm³/mol. The zero-order chi connectivity index (χ0) is 26.7. The molecule has 8 heteroatoms. The third-order valence-electron chi connectivity index (χ3n) is 6.89. The number of hydrogen-bond acceptors (Lipinski definition) is 5. The highest BCUT2D eigenvalue weighted by atomic mass is 32.2. The topological polar surface area (TPSA) is 111 Å². The molecule has 0 amide bonds. The van der Waals surface area contributed by atoms with Crippen LogP contribution in [0.2, 0.25) is 0 Å². The minimum absolute atomic E-state index is 0.00920. The van der Waals surface area contributed by atoms with Crippen LogP contribution in [0, 0.1) is 17.2 Å². The molecular weight excluding hydrogens is 474 g/mol. The fraction of sp³-hybridized carbons (Fsp3) is 0.500. The third kappa shape index (κ3) is 6.46.